The summed E-state index contributed by atoms with van der Waals surface area (Å²) in [6, 6.07) is 9.35. The molecule has 21 heavy (non-hydrogen) atoms. The molecular formula is C14H13BrN2O2S2. The summed E-state index contributed by atoms with van der Waals surface area (Å²) < 4.78 is 0.994. The largest absolute Gasteiger partial charge is 0.366 e. The highest BCUT2D eigenvalue weighted by Crippen LogP contribution is 2.27. The molecule has 0 saturated carbocycles. The second-order valence-electron chi connectivity index (χ2n) is 4.23. The number of carbonyl (C=O) groups excluding carboxylic acids is 2. The molecule has 0 radical (unpaired) electrons. The van der Waals surface area contributed by atoms with Crippen molar-refractivity contribution < 1.29 is 9.59 Å². The van der Waals surface area contributed by atoms with Crippen molar-refractivity contribution in [2.75, 3.05) is 5.32 Å². The van der Waals surface area contributed by atoms with Crippen LogP contribution in [0.15, 0.2) is 45.1 Å². The van der Waals surface area contributed by atoms with Crippen LogP contribution in [0.25, 0.3) is 0 Å². The van der Waals surface area contributed by atoms with Crippen LogP contribution in [0.3, 0.4) is 0 Å². The van der Waals surface area contributed by atoms with Crippen LogP contribution in [-0.2, 0) is 4.79 Å². The molecule has 0 bridgehead atoms. The molecule has 7 heteroatoms. The first kappa shape index (κ1) is 16.1. The van der Waals surface area contributed by atoms with Crippen molar-refractivity contribution in [1.29, 1.82) is 0 Å². The molecular weight excluding hydrogens is 372 g/mol. The normalized spacial score (nSPS) is 11.9. The van der Waals surface area contributed by atoms with Gasteiger partial charge in [-0.25, -0.2) is 0 Å². The first-order valence-electron chi connectivity index (χ1n) is 6.07. The Labute approximate surface area is 139 Å². The van der Waals surface area contributed by atoms with E-state index in [0.29, 0.717) is 10.6 Å². The van der Waals surface area contributed by atoms with E-state index >= 15 is 0 Å². The molecule has 1 aromatic heterocycles. The van der Waals surface area contributed by atoms with Crippen LogP contribution in [0.1, 0.15) is 17.3 Å². The van der Waals surface area contributed by atoms with Crippen LogP contribution in [0.5, 0.6) is 0 Å². The lowest BCUT2D eigenvalue weighted by Crippen LogP contribution is -2.23. The van der Waals surface area contributed by atoms with E-state index in [2.05, 4.69) is 21.2 Å². The van der Waals surface area contributed by atoms with Crippen molar-refractivity contribution in [3.05, 3.63) is 45.7 Å². The van der Waals surface area contributed by atoms with E-state index in [1.165, 1.54) is 23.1 Å². The fourth-order valence-electron chi connectivity index (χ4n) is 1.58. The van der Waals surface area contributed by atoms with Gasteiger partial charge in [0.2, 0.25) is 5.91 Å². The van der Waals surface area contributed by atoms with Gasteiger partial charge in [0.15, 0.2) is 0 Å². The first-order chi connectivity index (χ1) is 9.97. The van der Waals surface area contributed by atoms with Gasteiger partial charge in [0.05, 0.1) is 10.8 Å². The number of benzene rings is 1. The Balaban J connectivity index is 2.01. The zero-order chi connectivity index (χ0) is 15.4. The van der Waals surface area contributed by atoms with Gasteiger partial charge in [-0.05, 0) is 42.6 Å². The fraction of sp³-hybridized carbons (Fsp3) is 0.143. The minimum atomic E-state index is -0.542. The molecule has 2 amide bonds. The standard InChI is InChI=1S/C14H13BrN2O2S2/c1-8(21-10-4-2-9(15)3-5-10)13(19)17-14-11(12(16)18)6-7-20-14/h2-8H,1H3,(H2,16,18)(H,17,19). The quantitative estimate of drug-likeness (QED) is 0.771. The SMILES string of the molecule is CC(Sc1ccc(Br)cc1)C(=O)Nc1sccc1C(N)=O. The van der Waals surface area contributed by atoms with Gasteiger partial charge in [-0.2, -0.15) is 0 Å². The van der Waals surface area contributed by atoms with Crippen LogP contribution >= 0.6 is 39.0 Å². The zero-order valence-corrected chi connectivity index (χ0v) is 14.3. The molecule has 0 aliphatic heterocycles. The highest BCUT2D eigenvalue weighted by atomic mass is 79.9. The van der Waals surface area contributed by atoms with E-state index in [4.69, 9.17) is 5.73 Å². The molecule has 2 rings (SSSR count). The number of nitrogens with two attached hydrogens (primary N) is 1. The summed E-state index contributed by atoms with van der Waals surface area (Å²) >= 11 is 6.11. The predicted molar refractivity (Wildman–Crippen MR) is 90.9 cm³/mol. The number of halogens is 1. The lowest BCUT2D eigenvalue weighted by atomic mass is 10.3. The van der Waals surface area contributed by atoms with Crippen molar-refractivity contribution in [2.24, 2.45) is 5.73 Å². The van der Waals surface area contributed by atoms with Crippen molar-refractivity contribution >= 4 is 55.8 Å². The molecule has 1 heterocycles. The minimum absolute atomic E-state index is 0.159. The molecule has 1 atom stereocenters. The average Bonchev–Trinajstić information content (AvgIpc) is 2.89. The number of thiophene rings is 1. The van der Waals surface area contributed by atoms with Gasteiger partial charge < -0.3 is 11.1 Å². The second kappa shape index (κ2) is 7.11. The van der Waals surface area contributed by atoms with Crippen LogP contribution in [0.4, 0.5) is 5.00 Å². The van der Waals surface area contributed by atoms with E-state index in [9.17, 15) is 9.59 Å². The monoisotopic (exact) mass is 384 g/mol. The van der Waals surface area contributed by atoms with Gasteiger partial charge in [-0.15, -0.1) is 23.1 Å². The summed E-state index contributed by atoms with van der Waals surface area (Å²) in [7, 11) is 0. The fourth-order valence-corrected chi connectivity index (χ4v) is 3.51. The number of hydrogen-bond donors (Lipinski definition) is 2. The van der Waals surface area contributed by atoms with Crippen LogP contribution in [0, 0.1) is 0 Å². The maximum atomic E-state index is 12.2. The lowest BCUT2D eigenvalue weighted by Gasteiger charge is -2.11. The van der Waals surface area contributed by atoms with Crippen LogP contribution in [0.2, 0.25) is 0 Å². The molecule has 4 nitrogen and oxygen atoms in total. The minimum Gasteiger partial charge on any atom is -0.366 e. The predicted octanol–water partition coefficient (Wildman–Crippen LogP) is 3.73. The van der Waals surface area contributed by atoms with Crippen molar-refractivity contribution in [1.82, 2.24) is 0 Å². The van der Waals surface area contributed by atoms with Crippen molar-refractivity contribution in [3.8, 4) is 0 Å². The Morgan fingerprint density at radius 3 is 2.57 bits per heavy atom. The van der Waals surface area contributed by atoms with Crippen LogP contribution < -0.4 is 11.1 Å². The number of hydrogen-bond acceptors (Lipinski definition) is 4. The zero-order valence-electron chi connectivity index (χ0n) is 11.1. The molecule has 0 saturated heterocycles. The van der Waals surface area contributed by atoms with E-state index < -0.39 is 5.91 Å². The van der Waals surface area contributed by atoms with Gasteiger partial charge >= 0.3 is 0 Å². The van der Waals surface area contributed by atoms with Gasteiger partial charge in [-0.3, -0.25) is 9.59 Å². The van der Waals surface area contributed by atoms with Gasteiger partial charge in [0.25, 0.3) is 5.91 Å². The first-order valence-corrected chi connectivity index (χ1v) is 8.63. The summed E-state index contributed by atoms with van der Waals surface area (Å²) in [6.07, 6.45) is 0. The molecule has 2 aromatic rings. The highest BCUT2D eigenvalue weighted by molar-refractivity contribution is 9.10. The molecule has 110 valence electrons. The Kier molecular flexibility index (Phi) is 5.44. The number of rotatable bonds is 5. The molecule has 0 spiro atoms. The van der Waals surface area contributed by atoms with E-state index in [-0.39, 0.29) is 11.2 Å². The number of primary amides is 1. The van der Waals surface area contributed by atoms with Gasteiger partial charge in [-0.1, -0.05) is 15.9 Å². The Bertz CT molecular complexity index is 655. The Morgan fingerprint density at radius 2 is 1.95 bits per heavy atom. The number of amides is 2. The maximum absolute atomic E-state index is 12.2. The third-order valence-electron chi connectivity index (χ3n) is 2.66. The summed E-state index contributed by atoms with van der Waals surface area (Å²) in [5, 5.41) is 4.69. The second-order valence-corrected chi connectivity index (χ2v) is 7.48. The number of anilines is 1. The lowest BCUT2D eigenvalue weighted by molar-refractivity contribution is -0.115. The average molecular weight is 385 g/mol. The van der Waals surface area contributed by atoms with Gasteiger partial charge in [0, 0.05) is 9.37 Å². The van der Waals surface area contributed by atoms with E-state index in [0.717, 1.165) is 9.37 Å². The third kappa shape index (κ3) is 4.33. The number of carbonyl (C=O) groups is 2. The van der Waals surface area contributed by atoms with E-state index in [1.807, 2.05) is 31.2 Å². The highest BCUT2D eigenvalue weighted by Gasteiger charge is 2.18. The summed E-state index contributed by atoms with van der Waals surface area (Å²) in [5.41, 5.74) is 5.60. The molecule has 1 aromatic carbocycles. The molecule has 1 unspecified atom stereocenters. The smallest absolute Gasteiger partial charge is 0.251 e. The van der Waals surface area contributed by atoms with Crippen LogP contribution in [-0.4, -0.2) is 17.1 Å². The molecule has 0 fully saturated rings. The van der Waals surface area contributed by atoms with Crippen molar-refractivity contribution in [3.63, 3.8) is 0 Å². The van der Waals surface area contributed by atoms with Crippen molar-refractivity contribution in [2.45, 2.75) is 17.1 Å². The maximum Gasteiger partial charge on any atom is 0.251 e. The summed E-state index contributed by atoms with van der Waals surface area (Å²) in [4.78, 5) is 24.4. The molecule has 0 aliphatic carbocycles. The number of nitrogens with one attached hydrogen (secondary N) is 1. The molecule has 0 aliphatic rings. The van der Waals surface area contributed by atoms with Gasteiger partial charge in [0.1, 0.15) is 5.00 Å². The summed E-state index contributed by atoms with van der Waals surface area (Å²) in [6.45, 7) is 1.82. The van der Waals surface area contributed by atoms with E-state index in [1.54, 1.807) is 11.4 Å². The summed E-state index contributed by atoms with van der Waals surface area (Å²) in [5.74, 6) is -0.701. The Hall–Kier alpha value is -1.31. The third-order valence-corrected chi connectivity index (χ3v) is 5.13. The molecule has 3 N–H and O–H groups in total. The Morgan fingerprint density at radius 1 is 1.29 bits per heavy atom. The number of thioether (sulfide) groups is 1. The topological polar surface area (TPSA) is 72.2 Å².